The normalized spacial score (nSPS) is 14.4. The van der Waals surface area contributed by atoms with E-state index >= 15 is 0 Å². The summed E-state index contributed by atoms with van der Waals surface area (Å²) in [5, 5.41) is 4.89. The van der Waals surface area contributed by atoms with E-state index in [1.807, 2.05) is 25.3 Å². The smallest absolute Gasteiger partial charge is 0.261 e. The molecule has 0 saturated heterocycles. The van der Waals surface area contributed by atoms with Crippen LogP contribution >= 0.6 is 11.3 Å². The zero-order valence-corrected chi connectivity index (χ0v) is 11.4. The lowest BCUT2D eigenvalue weighted by molar-refractivity contribution is 0.0957. The van der Waals surface area contributed by atoms with Crippen LogP contribution in [0.4, 0.5) is 0 Å². The monoisotopic (exact) mass is 259 g/mol. The molecule has 0 aliphatic carbocycles. The van der Waals surface area contributed by atoms with Gasteiger partial charge in [0.15, 0.2) is 0 Å². The molecule has 2 atom stereocenters. The van der Waals surface area contributed by atoms with E-state index in [1.165, 1.54) is 11.3 Å². The second-order valence-electron chi connectivity index (χ2n) is 3.79. The highest BCUT2D eigenvalue weighted by Gasteiger charge is 2.11. The molecule has 0 unspecified atom stereocenters. The molecule has 1 N–H and O–H groups in total. The Morgan fingerprint density at radius 3 is 2.81 bits per heavy atom. The van der Waals surface area contributed by atoms with Gasteiger partial charge in [-0.3, -0.25) is 9.00 Å². The summed E-state index contributed by atoms with van der Waals surface area (Å²) in [5.74, 6) is -0.0263. The van der Waals surface area contributed by atoms with Gasteiger partial charge >= 0.3 is 0 Å². The molecule has 3 nitrogen and oxygen atoms in total. The van der Waals surface area contributed by atoms with Crippen LogP contribution in [-0.2, 0) is 10.8 Å². The predicted molar refractivity (Wildman–Crippen MR) is 69.5 cm³/mol. The van der Waals surface area contributed by atoms with Crippen molar-refractivity contribution in [2.75, 3.05) is 12.8 Å². The topological polar surface area (TPSA) is 46.2 Å². The molecule has 1 heterocycles. The van der Waals surface area contributed by atoms with Crippen LogP contribution in [0.2, 0.25) is 0 Å². The van der Waals surface area contributed by atoms with Gasteiger partial charge < -0.3 is 5.32 Å². The van der Waals surface area contributed by atoms with Crippen molar-refractivity contribution in [3.63, 3.8) is 0 Å². The number of amides is 1. The summed E-state index contributed by atoms with van der Waals surface area (Å²) in [6, 6.07) is 1.93. The van der Waals surface area contributed by atoms with Gasteiger partial charge in [-0.2, -0.15) is 0 Å². The summed E-state index contributed by atoms with van der Waals surface area (Å²) in [7, 11) is -0.815. The maximum atomic E-state index is 11.7. The fraction of sp³-hybridized carbons (Fsp3) is 0.545. The number of carbonyl (C=O) groups excluding carboxylic acids is 1. The average molecular weight is 259 g/mol. The molecule has 0 aromatic carbocycles. The van der Waals surface area contributed by atoms with Gasteiger partial charge in [0.05, 0.1) is 4.88 Å². The van der Waals surface area contributed by atoms with E-state index in [0.717, 1.165) is 16.9 Å². The van der Waals surface area contributed by atoms with E-state index in [4.69, 9.17) is 0 Å². The van der Waals surface area contributed by atoms with Crippen LogP contribution in [0.25, 0.3) is 0 Å². The number of aryl methyl sites for hydroxylation is 1. The highest BCUT2D eigenvalue weighted by Crippen LogP contribution is 2.14. The van der Waals surface area contributed by atoms with Gasteiger partial charge in [0.1, 0.15) is 0 Å². The number of carbonyl (C=O) groups is 1. The largest absolute Gasteiger partial charge is 0.351 e. The van der Waals surface area contributed by atoms with E-state index in [9.17, 15) is 9.00 Å². The average Bonchev–Trinajstić information content (AvgIpc) is 2.64. The molecular weight excluding hydrogens is 242 g/mol. The number of nitrogens with one attached hydrogen (secondary N) is 1. The molecule has 0 spiro atoms. The van der Waals surface area contributed by atoms with E-state index in [1.54, 1.807) is 6.26 Å². The van der Waals surface area contributed by atoms with Crippen molar-refractivity contribution in [3.05, 3.63) is 21.9 Å². The lowest BCUT2D eigenvalue weighted by atomic mass is 10.2. The Bertz CT molecular complexity index is 387. The first-order valence-corrected chi connectivity index (χ1v) is 7.67. The van der Waals surface area contributed by atoms with E-state index in [2.05, 4.69) is 5.32 Å². The van der Waals surface area contributed by atoms with Crippen LogP contribution in [0.15, 0.2) is 11.4 Å². The maximum Gasteiger partial charge on any atom is 0.261 e. The van der Waals surface area contributed by atoms with Crippen molar-refractivity contribution in [1.82, 2.24) is 5.32 Å². The number of thiophene rings is 1. The summed E-state index contributed by atoms with van der Waals surface area (Å²) in [6.07, 6.45) is 2.44. The third-order valence-corrected chi connectivity index (χ3v) is 4.86. The first-order chi connectivity index (χ1) is 7.52. The standard InChI is InChI=1S/C11H17NO2S2/c1-8-5-7-15-10(8)11(13)12-6-4-9(2)16(3)14/h5,7,9H,4,6H2,1-3H3,(H,12,13)/t9-,16-/m1/s1. The molecule has 16 heavy (non-hydrogen) atoms. The Morgan fingerprint density at radius 1 is 1.62 bits per heavy atom. The van der Waals surface area contributed by atoms with Crippen molar-refractivity contribution < 1.29 is 9.00 Å². The van der Waals surface area contributed by atoms with E-state index in [-0.39, 0.29) is 11.2 Å². The molecule has 0 saturated carbocycles. The van der Waals surface area contributed by atoms with E-state index < -0.39 is 10.8 Å². The summed E-state index contributed by atoms with van der Waals surface area (Å²) < 4.78 is 11.1. The molecule has 0 aliphatic rings. The Labute approximate surface area is 103 Å². The maximum absolute atomic E-state index is 11.7. The summed E-state index contributed by atoms with van der Waals surface area (Å²) in [6.45, 7) is 4.44. The third-order valence-electron chi connectivity index (χ3n) is 2.47. The minimum absolute atomic E-state index is 0.0263. The van der Waals surface area contributed by atoms with Crippen LogP contribution in [0.3, 0.4) is 0 Å². The number of hydrogen-bond acceptors (Lipinski definition) is 3. The second-order valence-corrected chi connectivity index (χ2v) is 6.50. The van der Waals surface area contributed by atoms with Crippen LogP contribution < -0.4 is 5.32 Å². The highest BCUT2D eigenvalue weighted by atomic mass is 32.2. The minimum Gasteiger partial charge on any atom is -0.351 e. The van der Waals surface area contributed by atoms with Crippen LogP contribution in [0.1, 0.15) is 28.6 Å². The quantitative estimate of drug-likeness (QED) is 0.878. The number of rotatable bonds is 5. The molecule has 90 valence electrons. The fourth-order valence-corrected chi connectivity index (χ4v) is 2.53. The lowest BCUT2D eigenvalue weighted by Crippen LogP contribution is -2.27. The summed E-state index contributed by atoms with van der Waals surface area (Å²) in [4.78, 5) is 12.5. The molecule has 0 fully saturated rings. The number of hydrogen-bond donors (Lipinski definition) is 1. The summed E-state index contributed by atoms with van der Waals surface area (Å²) in [5.41, 5.74) is 1.01. The molecule has 5 heteroatoms. The molecule has 1 aromatic rings. The van der Waals surface area contributed by atoms with Crippen LogP contribution in [0.5, 0.6) is 0 Å². The first kappa shape index (κ1) is 13.4. The van der Waals surface area contributed by atoms with Gasteiger partial charge in [-0.15, -0.1) is 11.3 Å². The zero-order valence-electron chi connectivity index (χ0n) is 9.78. The van der Waals surface area contributed by atoms with Crippen molar-refractivity contribution >= 4 is 28.0 Å². The minimum atomic E-state index is -0.815. The molecule has 1 rings (SSSR count). The Kier molecular flexibility index (Phi) is 5.15. The van der Waals surface area contributed by atoms with Gasteiger partial charge in [0, 0.05) is 28.9 Å². The molecule has 1 amide bonds. The van der Waals surface area contributed by atoms with Crippen molar-refractivity contribution in [2.45, 2.75) is 25.5 Å². The van der Waals surface area contributed by atoms with Gasteiger partial charge in [-0.1, -0.05) is 6.92 Å². The van der Waals surface area contributed by atoms with Gasteiger partial charge in [0.2, 0.25) is 0 Å². The van der Waals surface area contributed by atoms with Crippen molar-refractivity contribution in [3.8, 4) is 0 Å². The van der Waals surface area contributed by atoms with Crippen molar-refractivity contribution in [2.24, 2.45) is 0 Å². The molecule has 0 radical (unpaired) electrons. The van der Waals surface area contributed by atoms with Crippen LogP contribution in [0, 0.1) is 6.92 Å². The molecule has 0 bridgehead atoms. The van der Waals surface area contributed by atoms with Gasteiger partial charge in [-0.05, 0) is 30.4 Å². The fourth-order valence-electron chi connectivity index (χ4n) is 1.24. The SMILES string of the molecule is Cc1ccsc1C(=O)NCC[C@@H](C)[S@@](C)=O. The van der Waals surface area contributed by atoms with Crippen molar-refractivity contribution in [1.29, 1.82) is 0 Å². The zero-order chi connectivity index (χ0) is 12.1. The Balaban J connectivity index is 2.37. The molecular formula is C11H17NO2S2. The molecule has 1 aromatic heterocycles. The highest BCUT2D eigenvalue weighted by molar-refractivity contribution is 7.84. The third kappa shape index (κ3) is 3.72. The lowest BCUT2D eigenvalue weighted by Gasteiger charge is -2.08. The second kappa shape index (κ2) is 6.15. The summed E-state index contributed by atoms with van der Waals surface area (Å²) >= 11 is 1.45. The predicted octanol–water partition coefficient (Wildman–Crippen LogP) is 1.94. The Hall–Kier alpha value is -0.680. The van der Waals surface area contributed by atoms with Gasteiger partial charge in [0.25, 0.3) is 5.91 Å². The first-order valence-electron chi connectivity index (χ1n) is 5.17. The van der Waals surface area contributed by atoms with E-state index in [0.29, 0.717) is 6.54 Å². The Morgan fingerprint density at radius 2 is 2.31 bits per heavy atom. The molecule has 0 aliphatic heterocycles. The van der Waals surface area contributed by atoms with Gasteiger partial charge in [-0.25, -0.2) is 0 Å². The van der Waals surface area contributed by atoms with Crippen LogP contribution in [-0.4, -0.2) is 28.2 Å².